The second-order valence-electron chi connectivity index (χ2n) is 7.78. The summed E-state index contributed by atoms with van der Waals surface area (Å²) in [5.74, 6) is 1.71. The van der Waals surface area contributed by atoms with Crippen LogP contribution >= 0.6 is 0 Å². The number of aromatic nitrogens is 1. The van der Waals surface area contributed by atoms with Gasteiger partial charge in [0.05, 0.1) is 0 Å². The first-order valence-corrected chi connectivity index (χ1v) is 10.2. The molecule has 2 aromatic carbocycles. The molecule has 0 spiro atoms. The second kappa shape index (κ2) is 7.60. The Labute approximate surface area is 183 Å². The first-order valence-electron chi connectivity index (χ1n) is 10.2. The first kappa shape index (κ1) is 19.9. The number of carbonyl (C=O) groups excluding carboxylic acids is 1. The van der Waals surface area contributed by atoms with Crippen LogP contribution in [0.3, 0.4) is 0 Å². The van der Waals surface area contributed by atoms with Crippen molar-refractivity contribution in [2.24, 2.45) is 0 Å². The molecular formula is C25H21NO6. The summed E-state index contributed by atoms with van der Waals surface area (Å²) in [6.45, 7) is 5.77. The Bertz CT molecular complexity index is 1430. The number of nitrogens with zero attached hydrogens (tertiary/aromatic N) is 1. The van der Waals surface area contributed by atoms with Gasteiger partial charge < -0.3 is 23.2 Å². The Morgan fingerprint density at radius 3 is 2.66 bits per heavy atom. The molecule has 0 saturated heterocycles. The lowest BCUT2D eigenvalue weighted by Crippen LogP contribution is -2.12. The van der Waals surface area contributed by atoms with Gasteiger partial charge in [-0.05, 0) is 56.7 Å². The zero-order chi connectivity index (χ0) is 22.4. The first-order chi connectivity index (χ1) is 15.4. The molecule has 0 fully saturated rings. The third-order valence-corrected chi connectivity index (χ3v) is 5.64. The Morgan fingerprint density at radius 1 is 1.00 bits per heavy atom. The number of Topliss-reactive ketones (excluding diaryl/α,β-unsaturated/α-hetero) is 1. The van der Waals surface area contributed by atoms with Gasteiger partial charge in [0, 0.05) is 46.2 Å². The molecule has 3 heterocycles. The van der Waals surface area contributed by atoms with Gasteiger partial charge in [-0.15, -0.1) is 0 Å². The number of ether oxygens (including phenoxy) is 3. The van der Waals surface area contributed by atoms with E-state index in [1.807, 2.05) is 55.7 Å². The van der Waals surface area contributed by atoms with Crippen molar-refractivity contribution in [3.63, 3.8) is 0 Å². The van der Waals surface area contributed by atoms with Crippen LogP contribution in [-0.4, -0.2) is 23.8 Å². The number of carbonyl (C=O) groups is 1. The van der Waals surface area contributed by atoms with Gasteiger partial charge in [0.2, 0.25) is 12.6 Å². The van der Waals surface area contributed by atoms with Gasteiger partial charge in [0.15, 0.2) is 18.1 Å². The molecule has 0 bridgehead atoms. The standard InChI is InChI=1S/C25H21NO6/c1-14-8-25(28)32-23-11-18(5-6-19(14)23)29-12-21(27)20-9-15(2)26(16(20)3)17-4-7-22-24(10-17)31-13-30-22/h4-11H,12-13H2,1-3H3. The average molecular weight is 431 g/mol. The molecule has 0 saturated carbocycles. The minimum atomic E-state index is -0.417. The van der Waals surface area contributed by atoms with E-state index in [1.165, 1.54) is 6.07 Å². The van der Waals surface area contributed by atoms with Crippen LogP contribution in [0, 0.1) is 20.8 Å². The monoisotopic (exact) mass is 431 g/mol. The van der Waals surface area contributed by atoms with Gasteiger partial charge in [-0.25, -0.2) is 4.79 Å². The largest absolute Gasteiger partial charge is 0.485 e. The van der Waals surface area contributed by atoms with E-state index < -0.39 is 5.63 Å². The summed E-state index contributed by atoms with van der Waals surface area (Å²) in [7, 11) is 0. The van der Waals surface area contributed by atoms with Crippen LogP contribution in [0.2, 0.25) is 0 Å². The smallest absolute Gasteiger partial charge is 0.336 e. The minimum Gasteiger partial charge on any atom is -0.485 e. The average Bonchev–Trinajstić information content (AvgIpc) is 3.34. The van der Waals surface area contributed by atoms with Crippen molar-refractivity contribution in [3.05, 3.63) is 81.5 Å². The molecule has 1 aliphatic heterocycles. The van der Waals surface area contributed by atoms with E-state index in [0.29, 0.717) is 28.4 Å². The zero-order valence-electron chi connectivity index (χ0n) is 17.9. The summed E-state index contributed by atoms with van der Waals surface area (Å²) < 4.78 is 23.8. The van der Waals surface area contributed by atoms with Crippen molar-refractivity contribution < 1.29 is 23.4 Å². The number of hydrogen-bond acceptors (Lipinski definition) is 6. The lowest BCUT2D eigenvalue weighted by Gasteiger charge is -2.11. The van der Waals surface area contributed by atoms with Crippen LogP contribution in [0.25, 0.3) is 16.7 Å². The van der Waals surface area contributed by atoms with Gasteiger partial charge in [-0.1, -0.05) is 0 Å². The number of hydrogen-bond donors (Lipinski definition) is 0. The van der Waals surface area contributed by atoms with Gasteiger partial charge in [-0.3, -0.25) is 4.79 Å². The van der Waals surface area contributed by atoms with Gasteiger partial charge >= 0.3 is 5.63 Å². The fourth-order valence-corrected chi connectivity index (χ4v) is 4.09. The molecule has 0 radical (unpaired) electrons. The SMILES string of the molecule is Cc1cc(=O)oc2cc(OCC(=O)c3cc(C)n(-c4ccc5c(c4)OCO5)c3C)ccc12. The zero-order valence-corrected chi connectivity index (χ0v) is 17.9. The van der Waals surface area contributed by atoms with E-state index in [2.05, 4.69) is 0 Å². The molecule has 2 aromatic heterocycles. The Balaban J connectivity index is 1.38. The maximum absolute atomic E-state index is 12.9. The van der Waals surface area contributed by atoms with Gasteiger partial charge in [0.1, 0.15) is 11.3 Å². The maximum Gasteiger partial charge on any atom is 0.336 e. The molecule has 1 aliphatic rings. The maximum atomic E-state index is 12.9. The fraction of sp³-hybridized carbons (Fsp3) is 0.200. The molecule has 7 nitrogen and oxygen atoms in total. The number of benzene rings is 2. The molecule has 0 N–H and O–H groups in total. The molecule has 0 aliphatic carbocycles. The van der Waals surface area contributed by atoms with Crippen molar-refractivity contribution in [2.45, 2.75) is 20.8 Å². The summed E-state index contributed by atoms with van der Waals surface area (Å²) >= 11 is 0. The molecule has 7 heteroatoms. The van der Waals surface area contributed by atoms with Crippen molar-refractivity contribution in [1.82, 2.24) is 4.57 Å². The number of rotatable bonds is 5. The molecule has 162 valence electrons. The minimum absolute atomic E-state index is 0.132. The van der Waals surface area contributed by atoms with E-state index in [4.69, 9.17) is 18.6 Å². The lowest BCUT2D eigenvalue weighted by atomic mass is 10.1. The second-order valence-corrected chi connectivity index (χ2v) is 7.78. The van der Waals surface area contributed by atoms with E-state index in [0.717, 1.165) is 28.0 Å². The van der Waals surface area contributed by atoms with Crippen molar-refractivity contribution in [1.29, 1.82) is 0 Å². The van der Waals surface area contributed by atoms with Gasteiger partial charge in [0.25, 0.3) is 0 Å². The van der Waals surface area contributed by atoms with Crippen LogP contribution in [0.5, 0.6) is 17.2 Å². The highest BCUT2D eigenvalue weighted by molar-refractivity contribution is 5.99. The van der Waals surface area contributed by atoms with Crippen molar-refractivity contribution in [3.8, 4) is 22.9 Å². The number of aryl methyl sites for hydroxylation is 2. The van der Waals surface area contributed by atoms with Crippen LogP contribution in [0.1, 0.15) is 27.3 Å². The molecule has 32 heavy (non-hydrogen) atoms. The molecular weight excluding hydrogens is 410 g/mol. The Hall–Kier alpha value is -4.00. The molecule has 0 atom stereocenters. The van der Waals surface area contributed by atoms with Crippen LogP contribution in [0.4, 0.5) is 0 Å². The summed E-state index contributed by atoms with van der Waals surface area (Å²) in [6, 6.07) is 14.2. The third kappa shape index (κ3) is 3.41. The Morgan fingerprint density at radius 2 is 1.81 bits per heavy atom. The Kier molecular flexibility index (Phi) is 4.74. The van der Waals surface area contributed by atoms with E-state index in [1.54, 1.807) is 12.1 Å². The van der Waals surface area contributed by atoms with E-state index >= 15 is 0 Å². The molecule has 0 unspecified atom stereocenters. The topological polar surface area (TPSA) is 79.9 Å². The van der Waals surface area contributed by atoms with E-state index in [9.17, 15) is 9.59 Å². The predicted molar refractivity (Wildman–Crippen MR) is 118 cm³/mol. The highest BCUT2D eigenvalue weighted by atomic mass is 16.7. The highest BCUT2D eigenvalue weighted by Crippen LogP contribution is 2.35. The predicted octanol–water partition coefficient (Wildman–Crippen LogP) is 4.50. The molecule has 4 aromatic rings. The summed E-state index contributed by atoms with van der Waals surface area (Å²) in [6.07, 6.45) is 0. The number of ketones is 1. The summed E-state index contributed by atoms with van der Waals surface area (Å²) in [4.78, 5) is 24.6. The summed E-state index contributed by atoms with van der Waals surface area (Å²) in [5.41, 5.74) is 4.06. The quantitative estimate of drug-likeness (QED) is 0.342. The van der Waals surface area contributed by atoms with Crippen LogP contribution in [-0.2, 0) is 0 Å². The van der Waals surface area contributed by atoms with Crippen molar-refractivity contribution in [2.75, 3.05) is 13.4 Å². The summed E-state index contributed by atoms with van der Waals surface area (Å²) in [5, 5.41) is 0.829. The van der Waals surface area contributed by atoms with Crippen LogP contribution < -0.4 is 19.8 Å². The number of fused-ring (bicyclic) bond motifs is 2. The van der Waals surface area contributed by atoms with Crippen molar-refractivity contribution >= 4 is 16.8 Å². The highest BCUT2D eigenvalue weighted by Gasteiger charge is 2.20. The van der Waals surface area contributed by atoms with Crippen LogP contribution in [0.15, 0.2) is 57.7 Å². The van der Waals surface area contributed by atoms with E-state index in [-0.39, 0.29) is 19.2 Å². The third-order valence-electron chi connectivity index (χ3n) is 5.64. The fourth-order valence-electron chi connectivity index (χ4n) is 4.09. The molecule has 0 amide bonds. The van der Waals surface area contributed by atoms with Gasteiger partial charge in [-0.2, -0.15) is 0 Å². The molecule has 5 rings (SSSR count). The normalized spacial score (nSPS) is 12.3. The lowest BCUT2D eigenvalue weighted by molar-refractivity contribution is 0.0921.